The third kappa shape index (κ3) is 2.34. The zero-order valence-corrected chi connectivity index (χ0v) is 5.39. The van der Waals surface area contributed by atoms with Crippen LogP contribution in [0, 0.1) is 0 Å². The number of rotatable bonds is 3. The van der Waals surface area contributed by atoms with Crippen molar-refractivity contribution >= 4 is 0 Å². The summed E-state index contributed by atoms with van der Waals surface area (Å²) >= 11 is 0. The third-order valence-corrected chi connectivity index (χ3v) is 0.665. The van der Waals surface area contributed by atoms with Gasteiger partial charge in [-0.15, -0.1) is 0 Å². The van der Waals surface area contributed by atoms with Crippen LogP contribution in [-0.2, 0) is 9.47 Å². The summed E-state index contributed by atoms with van der Waals surface area (Å²) in [6, 6.07) is 0. The van der Waals surface area contributed by atoms with Gasteiger partial charge in [-0.1, -0.05) is 0 Å². The van der Waals surface area contributed by atoms with Crippen molar-refractivity contribution in [3.8, 4) is 0 Å². The van der Waals surface area contributed by atoms with Gasteiger partial charge in [-0.25, -0.2) is 0 Å². The Morgan fingerprint density at radius 3 is 2.00 bits per heavy atom. The lowest BCUT2D eigenvalue weighted by Crippen LogP contribution is -1.99. The van der Waals surface area contributed by atoms with Crippen LogP contribution in [0.4, 0.5) is 0 Å². The van der Waals surface area contributed by atoms with E-state index in [1.54, 1.807) is 27.5 Å². The molecule has 8 heavy (non-hydrogen) atoms. The fourth-order valence-electron chi connectivity index (χ4n) is 0.319. The van der Waals surface area contributed by atoms with Gasteiger partial charge < -0.3 is 14.8 Å². The Bertz CT molecular complexity index is 74.5. The largest absolute Gasteiger partial charge is 0.468 e. The standard InChI is InChI=1S/C5H11NO2/c1-6-4-5(7-2)8-3/h4,6H,1-3H3. The van der Waals surface area contributed by atoms with Crippen LogP contribution in [0.5, 0.6) is 0 Å². The summed E-state index contributed by atoms with van der Waals surface area (Å²) in [4.78, 5) is 0. The second-order valence-electron chi connectivity index (χ2n) is 1.16. The Labute approximate surface area is 49.3 Å². The minimum absolute atomic E-state index is 0.479. The van der Waals surface area contributed by atoms with Gasteiger partial charge in [0.2, 0.25) is 0 Å². The summed E-state index contributed by atoms with van der Waals surface area (Å²) in [5.41, 5.74) is 0. The molecule has 0 heterocycles. The average molecular weight is 117 g/mol. The lowest BCUT2D eigenvalue weighted by molar-refractivity contribution is 0.0933. The Kier molecular flexibility index (Phi) is 3.84. The van der Waals surface area contributed by atoms with Gasteiger partial charge in [0.15, 0.2) is 0 Å². The molecular formula is C5H11NO2. The first-order valence-corrected chi connectivity index (χ1v) is 2.30. The monoisotopic (exact) mass is 117 g/mol. The van der Waals surface area contributed by atoms with Crippen LogP contribution in [0.15, 0.2) is 12.1 Å². The summed E-state index contributed by atoms with van der Waals surface area (Å²) in [5, 5.41) is 2.76. The van der Waals surface area contributed by atoms with Crippen molar-refractivity contribution in [2.24, 2.45) is 0 Å². The second kappa shape index (κ2) is 4.30. The normalized spacial score (nSPS) is 7.38. The molecule has 0 aromatic carbocycles. The van der Waals surface area contributed by atoms with Crippen LogP contribution < -0.4 is 5.32 Å². The van der Waals surface area contributed by atoms with E-state index in [-0.39, 0.29) is 0 Å². The molecule has 48 valence electrons. The fourth-order valence-corrected chi connectivity index (χ4v) is 0.319. The number of nitrogens with one attached hydrogen (secondary N) is 1. The average Bonchev–Trinajstić information content (AvgIpc) is 1.83. The minimum atomic E-state index is 0.479. The second-order valence-corrected chi connectivity index (χ2v) is 1.16. The summed E-state index contributed by atoms with van der Waals surface area (Å²) in [7, 11) is 4.87. The van der Waals surface area contributed by atoms with Gasteiger partial charge in [0.05, 0.1) is 20.4 Å². The Morgan fingerprint density at radius 1 is 1.38 bits per heavy atom. The first-order chi connectivity index (χ1) is 3.85. The number of hydrogen-bond acceptors (Lipinski definition) is 3. The molecule has 3 nitrogen and oxygen atoms in total. The van der Waals surface area contributed by atoms with Crippen LogP contribution in [0.25, 0.3) is 0 Å². The zero-order chi connectivity index (χ0) is 6.41. The van der Waals surface area contributed by atoms with E-state index in [9.17, 15) is 0 Å². The van der Waals surface area contributed by atoms with E-state index in [2.05, 4.69) is 5.32 Å². The van der Waals surface area contributed by atoms with E-state index < -0.39 is 0 Å². The maximum absolute atomic E-state index is 4.72. The molecule has 3 heteroatoms. The van der Waals surface area contributed by atoms with Crippen LogP contribution >= 0.6 is 0 Å². The van der Waals surface area contributed by atoms with E-state index in [1.165, 1.54) is 0 Å². The summed E-state index contributed by atoms with van der Waals surface area (Å²) in [6.45, 7) is 0. The van der Waals surface area contributed by atoms with Crippen LogP contribution in [-0.4, -0.2) is 21.3 Å². The van der Waals surface area contributed by atoms with E-state index in [1.807, 2.05) is 0 Å². The molecule has 0 amide bonds. The molecule has 0 rings (SSSR count). The SMILES string of the molecule is CNC=C(OC)OC. The highest BCUT2D eigenvalue weighted by molar-refractivity contribution is 4.78. The highest BCUT2D eigenvalue weighted by Crippen LogP contribution is 1.90. The predicted molar refractivity (Wildman–Crippen MR) is 31.2 cm³/mol. The van der Waals surface area contributed by atoms with Crippen molar-refractivity contribution in [2.45, 2.75) is 0 Å². The van der Waals surface area contributed by atoms with Crippen LogP contribution in [0.3, 0.4) is 0 Å². The topological polar surface area (TPSA) is 30.5 Å². The first kappa shape index (κ1) is 7.14. The molecule has 0 aromatic heterocycles. The molecule has 0 spiro atoms. The number of ether oxygens (including phenoxy) is 2. The Hall–Kier alpha value is -0.860. The Morgan fingerprint density at radius 2 is 1.88 bits per heavy atom. The van der Waals surface area contributed by atoms with Crippen molar-refractivity contribution in [1.82, 2.24) is 5.32 Å². The number of hydrogen-bond donors (Lipinski definition) is 1. The zero-order valence-electron chi connectivity index (χ0n) is 5.39. The lowest BCUT2D eigenvalue weighted by Gasteiger charge is -2.01. The molecule has 0 aliphatic rings. The van der Waals surface area contributed by atoms with Gasteiger partial charge in [0, 0.05) is 7.05 Å². The van der Waals surface area contributed by atoms with Gasteiger partial charge in [-0.05, 0) is 0 Å². The van der Waals surface area contributed by atoms with Crippen LogP contribution in [0.2, 0.25) is 0 Å². The molecule has 0 aliphatic carbocycles. The highest BCUT2D eigenvalue weighted by Gasteiger charge is 1.86. The molecule has 0 fully saturated rings. The molecule has 0 aromatic rings. The van der Waals surface area contributed by atoms with E-state index in [0.717, 1.165) is 0 Å². The third-order valence-electron chi connectivity index (χ3n) is 0.665. The molecule has 0 atom stereocenters. The quantitative estimate of drug-likeness (QED) is 0.539. The summed E-state index contributed by atoms with van der Waals surface area (Å²) in [6.07, 6.45) is 1.62. The molecule has 0 unspecified atom stereocenters. The molecule has 0 saturated carbocycles. The molecule has 1 N–H and O–H groups in total. The van der Waals surface area contributed by atoms with Crippen molar-refractivity contribution in [1.29, 1.82) is 0 Å². The maximum Gasteiger partial charge on any atom is 0.295 e. The van der Waals surface area contributed by atoms with Gasteiger partial charge in [-0.3, -0.25) is 0 Å². The van der Waals surface area contributed by atoms with Gasteiger partial charge in [0.25, 0.3) is 5.95 Å². The molecule has 0 saturated heterocycles. The fraction of sp³-hybridized carbons (Fsp3) is 0.600. The summed E-state index contributed by atoms with van der Waals surface area (Å²) in [5.74, 6) is 0.479. The van der Waals surface area contributed by atoms with Gasteiger partial charge >= 0.3 is 0 Å². The molecular weight excluding hydrogens is 106 g/mol. The van der Waals surface area contributed by atoms with E-state index >= 15 is 0 Å². The van der Waals surface area contributed by atoms with E-state index in [4.69, 9.17) is 9.47 Å². The van der Waals surface area contributed by atoms with Crippen molar-refractivity contribution in [2.75, 3.05) is 21.3 Å². The number of methoxy groups -OCH3 is 2. The Balaban J connectivity index is 3.49. The van der Waals surface area contributed by atoms with Crippen molar-refractivity contribution in [3.05, 3.63) is 12.1 Å². The smallest absolute Gasteiger partial charge is 0.295 e. The van der Waals surface area contributed by atoms with Crippen molar-refractivity contribution < 1.29 is 9.47 Å². The van der Waals surface area contributed by atoms with Gasteiger partial charge in [-0.2, -0.15) is 0 Å². The van der Waals surface area contributed by atoms with Crippen LogP contribution in [0.1, 0.15) is 0 Å². The maximum atomic E-state index is 4.72. The summed E-state index contributed by atoms with van der Waals surface area (Å²) < 4.78 is 9.43. The minimum Gasteiger partial charge on any atom is -0.468 e. The van der Waals surface area contributed by atoms with Gasteiger partial charge in [0.1, 0.15) is 0 Å². The predicted octanol–water partition coefficient (Wildman–Crippen LogP) is 0.297. The lowest BCUT2D eigenvalue weighted by atomic mass is 10.9. The molecule has 0 bridgehead atoms. The first-order valence-electron chi connectivity index (χ1n) is 2.30. The van der Waals surface area contributed by atoms with E-state index in [0.29, 0.717) is 5.95 Å². The highest BCUT2D eigenvalue weighted by atomic mass is 16.7. The van der Waals surface area contributed by atoms with Crippen molar-refractivity contribution in [3.63, 3.8) is 0 Å². The molecule has 0 radical (unpaired) electrons. The molecule has 0 aliphatic heterocycles.